The van der Waals surface area contributed by atoms with Gasteiger partial charge in [0.15, 0.2) is 0 Å². The zero-order valence-corrected chi connectivity index (χ0v) is 9.15. The van der Waals surface area contributed by atoms with Crippen LogP contribution in [0.2, 0.25) is 0 Å². The van der Waals surface area contributed by atoms with Gasteiger partial charge in [0.2, 0.25) is 0 Å². The number of aliphatic carboxylic acids is 1. The zero-order chi connectivity index (χ0) is 11.4. The first kappa shape index (κ1) is 10.9. The molecular formula is C12H16N2O2. The Balaban J connectivity index is 2.17. The van der Waals surface area contributed by atoms with Crippen LogP contribution in [0.15, 0.2) is 24.5 Å². The van der Waals surface area contributed by atoms with Crippen LogP contribution in [0.25, 0.3) is 0 Å². The number of nitrogens with one attached hydrogen (secondary N) is 1. The molecule has 1 aromatic heterocycles. The molecule has 1 heterocycles. The van der Waals surface area contributed by atoms with Crippen LogP contribution in [0, 0.1) is 0 Å². The van der Waals surface area contributed by atoms with Gasteiger partial charge in [0, 0.05) is 18.1 Å². The van der Waals surface area contributed by atoms with Gasteiger partial charge in [-0.2, -0.15) is 0 Å². The molecule has 16 heavy (non-hydrogen) atoms. The van der Waals surface area contributed by atoms with Crippen molar-refractivity contribution in [2.45, 2.75) is 37.6 Å². The Kier molecular flexibility index (Phi) is 3.08. The highest BCUT2D eigenvalue weighted by atomic mass is 16.4. The van der Waals surface area contributed by atoms with Crippen molar-refractivity contribution in [3.05, 3.63) is 24.5 Å². The lowest BCUT2D eigenvalue weighted by Gasteiger charge is -2.34. The van der Waals surface area contributed by atoms with E-state index >= 15 is 0 Å². The average molecular weight is 220 g/mol. The topological polar surface area (TPSA) is 62.2 Å². The smallest absolute Gasteiger partial charge is 0.329 e. The summed E-state index contributed by atoms with van der Waals surface area (Å²) in [6.07, 6.45) is 7.82. The van der Waals surface area contributed by atoms with Crippen LogP contribution in [0.5, 0.6) is 0 Å². The molecule has 0 aromatic carbocycles. The van der Waals surface area contributed by atoms with Crippen molar-refractivity contribution >= 4 is 11.7 Å². The second kappa shape index (κ2) is 4.51. The Morgan fingerprint density at radius 1 is 1.25 bits per heavy atom. The third-order valence-electron chi connectivity index (χ3n) is 3.18. The number of aromatic nitrogens is 1. The highest BCUT2D eigenvalue weighted by molar-refractivity contribution is 5.82. The molecule has 1 aliphatic carbocycles. The Labute approximate surface area is 94.7 Å². The van der Waals surface area contributed by atoms with Gasteiger partial charge in [-0.15, -0.1) is 0 Å². The zero-order valence-electron chi connectivity index (χ0n) is 9.15. The number of carboxylic acid groups (broad SMARTS) is 1. The minimum Gasteiger partial charge on any atom is -0.480 e. The van der Waals surface area contributed by atoms with Crippen molar-refractivity contribution in [2.75, 3.05) is 5.32 Å². The summed E-state index contributed by atoms with van der Waals surface area (Å²) >= 11 is 0. The van der Waals surface area contributed by atoms with Crippen LogP contribution in [-0.4, -0.2) is 21.6 Å². The Morgan fingerprint density at radius 3 is 2.44 bits per heavy atom. The quantitative estimate of drug-likeness (QED) is 0.820. The molecule has 0 saturated heterocycles. The van der Waals surface area contributed by atoms with Crippen molar-refractivity contribution in [1.82, 2.24) is 4.98 Å². The highest BCUT2D eigenvalue weighted by Gasteiger charge is 2.39. The largest absolute Gasteiger partial charge is 0.480 e. The van der Waals surface area contributed by atoms with Crippen molar-refractivity contribution in [3.63, 3.8) is 0 Å². The van der Waals surface area contributed by atoms with Gasteiger partial charge in [-0.25, -0.2) is 4.79 Å². The Morgan fingerprint density at radius 2 is 1.88 bits per heavy atom. The normalized spacial score (nSPS) is 19.0. The summed E-state index contributed by atoms with van der Waals surface area (Å²) in [7, 11) is 0. The highest BCUT2D eigenvalue weighted by Crippen LogP contribution is 2.31. The molecule has 1 fully saturated rings. The van der Waals surface area contributed by atoms with E-state index in [-0.39, 0.29) is 0 Å². The third kappa shape index (κ3) is 2.15. The van der Waals surface area contributed by atoms with E-state index in [1.165, 1.54) is 0 Å². The summed E-state index contributed by atoms with van der Waals surface area (Å²) in [5.74, 6) is -0.746. The monoisotopic (exact) mass is 220 g/mol. The summed E-state index contributed by atoms with van der Waals surface area (Å²) in [5.41, 5.74) is 0.0545. The fourth-order valence-corrected chi connectivity index (χ4v) is 2.26. The van der Waals surface area contributed by atoms with Gasteiger partial charge in [-0.1, -0.05) is 19.3 Å². The van der Waals surface area contributed by atoms with E-state index in [9.17, 15) is 9.90 Å². The molecule has 4 heteroatoms. The fourth-order valence-electron chi connectivity index (χ4n) is 2.26. The maximum Gasteiger partial charge on any atom is 0.329 e. The minimum absolute atomic E-state index is 0.699. The van der Waals surface area contributed by atoms with Crippen LogP contribution < -0.4 is 5.32 Å². The summed E-state index contributed by atoms with van der Waals surface area (Å²) in [4.78, 5) is 15.3. The van der Waals surface area contributed by atoms with Crippen LogP contribution in [0.1, 0.15) is 32.1 Å². The van der Waals surface area contributed by atoms with Crippen LogP contribution in [0.3, 0.4) is 0 Å². The van der Waals surface area contributed by atoms with Gasteiger partial charge in [0.1, 0.15) is 5.54 Å². The van der Waals surface area contributed by atoms with E-state index in [2.05, 4.69) is 10.3 Å². The lowest BCUT2D eigenvalue weighted by Crippen LogP contribution is -2.47. The molecule has 0 radical (unpaired) electrons. The molecule has 0 atom stereocenters. The van der Waals surface area contributed by atoms with Crippen LogP contribution >= 0.6 is 0 Å². The van der Waals surface area contributed by atoms with E-state index in [1.807, 2.05) is 0 Å². The maximum absolute atomic E-state index is 11.4. The van der Waals surface area contributed by atoms with E-state index in [0.29, 0.717) is 12.8 Å². The van der Waals surface area contributed by atoms with Gasteiger partial charge in [0.05, 0.1) is 0 Å². The summed E-state index contributed by atoms with van der Waals surface area (Å²) in [6.45, 7) is 0. The second-order valence-corrected chi connectivity index (χ2v) is 4.31. The molecule has 0 spiro atoms. The van der Waals surface area contributed by atoms with Crippen LogP contribution in [-0.2, 0) is 4.79 Å². The lowest BCUT2D eigenvalue weighted by molar-refractivity contribution is -0.143. The van der Waals surface area contributed by atoms with Gasteiger partial charge in [0.25, 0.3) is 0 Å². The first-order chi connectivity index (χ1) is 7.73. The van der Waals surface area contributed by atoms with Gasteiger partial charge >= 0.3 is 5.97 Å². The molecule has 0 bridgehead atoms. The molecule has 1 aromatic rings. The molecule has 2 N–H and O–H groups in total. The SMILES string of the molecule is O=C(O)C1(Nc2ccncc2)CCCCC1. The molecule has 4 nitrogen and oxygen atoms in total. The van der Waals surface area contributed by atoms with Crippen molar-refractivity contribution in [2.24, 2.45) is 0 Å². The third-order valence-corrected chi connectivity index (χ3v) is 3.18. The van der Waals surface area contributed by atoms with E-state index in [1.54, 1.807) is 24.5 Å². The summed E-state index contributed by atoms with van der Waals surface area (Å²) < 4.78 is 0. The summed E-state index contributed by atoms with van der Waals surface area (Å²) in [5, 5.41) is 12.5. The fraction of sp³-hybridized carbons (Fsp3) is 0.500. The molecule has 1 aliphatic rings. The number of anilines is 1. The molecule has 1 saturated carbocycles. The minimum atomic E-state index is -0.778. The number of pyridine rings is 1. The Bertz CT molecular complexity index is 359. The maximum atomic E-state index is 11.4. The number of carboxylic acids is 1. The Hall–Kier alpha value is -1.58. The summed E-state index contributed by atoms with van der Waals surface area (Å²) in [6, 6.07) is 3.61. The molecule has 0 aliphatic heterocycles. The molecule has 0 amide bonds. The van der Waals surface area contributed by atoms with E-state index < -0.39 is 11.5 Å². The van der Waals surface area contributed by atoms with Crippen molar-refractivity contribution < 1.29 is 9.90 Å². The van der Waals surface area contributed by atoms with Crippen molar-refractivity contribution in [1.29, 1.82) is 0 Å². The average Bonchev–Trinajstić information content (AvgIpc) is 2.31. The van der Waals surface area contributed by atoms with E-state index in [4.69, 9.17) is 0 Å². The number of hydrogen-bond acceptors (Lipinski definition) is 3. The van der Waals surface area contributed by atoms with Gasteiger partial charge in [-0.3, -0.25) is 4.98 Å². The molecule has 86 valence electrons. The van der Waals surface area contributed by atoms with Crippen LogP contribution in [0.4, 0.5) is 5.69 Å². The predicted molar refractivity (Wildman–Crippen MR) is 61.3 cm³/mol. The number of hydrogen-bond donors (Lipinski definition) is 2. The first-order valence-electron chi connectivity index (χ1n) is 5.65. The van der Waals surface area contributed by atoms with Gasteiger partial charge in [-0.05, 0) is 25.0 Å². The number of nitrogens with zero attached hydrogens (tertiary/aromatic N) is 1. The first-order valence-corrected chi connectivity index (χ1v) is 5.65. The predicted octanol–water partition coefficient (Wildman–Crippen LogP) is 2.28. The molecule has 0 unspecified atom stereocenters. The van der Waals surface area contributed by atoms with Crippen molar-refractivity contribution in [3.8, 4) is 0 Å². The molecular weight excluding hydrogens is 204 g/mol. The number of carbonyl (C=O) groups is 1. The van der Waals surface area contributed by atoms with Gasteiger partial charge < -0.3 is 10.4 Å². The molecule has 2 rings (SSSR count). The number of rotatable bonds is 3. The second-order valence-electron chi connectivity index (χ2n) is 4.31. The lowest BCUT2D eigenvalue weighted by atomic mass is 9.81. The standard InChI is InChI=1S/C12H16N2O2/c15-11(16)12(6-2-1-3-7-12)14-10-4-8-13-9-5-10/h4-5,8-9H,1-3,6-7H2,(H,13,14)(H,15,16). The van der Waals surface area contributed by atoms with E-state index in [0.717, 1.165) is 24.9 Å².